The Morgan fingerprint density at radius 1 is 1.40 bits per heavy atom. The number of fused-ring (bicyclic) bond motifs is 5. The summed E-state index contributed by atoms with van der Waals surface area (Å²) in [5, 5.41) is 0. The summed E-state index contributed by atoms with van der Waals surface area (Å²) < 4.78 is 17.5. The van der Waals surface area contributed by atoms with Crippen molar-refractivity contribution in [1.29, 1.82) is 0 Å². The van der Waals surface area contributed by atoms with E-state index in [-0.39, 0.29) is 59.3 Å². The van der Waals surface area contributed by atoms with Gasteiger partial charge in [0.15, 0.2) is 6.10 Å². The summed E-state index contributed by atoms with van der Waals surface area (Å²) in [6, 6.07) is 0. The zero-order valence-electron chi connectivity index (χ0n) is 15.5. The predicted molar refractivity (Wildman–Crippen MR) is 90.5 cm³/mol. The van der Waals surface area contributed by atoms with Crippen LogP contribution >= 0.6 is 0 Å². The highest BCUT2D eigenvalue weighted by Crippen LogP contribution is 2.63. The summed E-state index contributed by atoms with van der Waals surface area (Å²) in [5.74, 6) is 0.0937. The predicted octanol–water partition coefficient (Wildman–Crippen LogP) is 2.88. The average Bonchev–Trinajstić information content (AvgIpc) is 3.26. The fourth-order valence-electron chi connectivity index (χ4n) is 5.42. The Labute approximate surface area is 149 Å². The number of esters is 2. The van der Waals surface area contributed by atoms with Gasteiger partial charge in [0, 0.05) is 23.7 Å². The van der Waals surface area contributed by atoms with E-state index in [2.05, 4.69) is 13.5 Å². The highest BCUT2D eigenvalue weighted by molar-refractivity contribution is 5.75. The Hall–Kier alpha value is -1.36. The molecule has 2 saturated heterocycles. The molecular formula is C20H28O5. The van der Waals surface area contributed by atoms with Crippen LogP contribution < -0.4 is 0 Å². The van der Waals surface area contributed by atoms with E-state index in [4.69, 9.17) is 14.2 Å². The highest BCUT2D eigenvalue weighted by Gasteiger charge is 2.70. The molecule has 5 nitrogen and oxygen atoms in total. The largest absolute Gasteiger partial charge is 0.461 e. The molecule has 5 heteroatoms. The van der Waals surface area contributed by atoms with E-state index in [0.29, 0.717) is 6.42 Å². The monoisotopic (exact) mass is 348 g/mol. The third-order valence-corrected chi connectivity index (χ3v) is 6.82. The van der Waals surface area contributed by atoms with Crippen molar-refractivity contribution < 1.29 is 23.8 Å². The van der Waals surface area contributed by atoms with Gasteiger partial charge in [0.05, 0.1) is 12.0 Å². The van der Waals surface area contributed by atoms with Crippen molar-refractivity contribution in [2.75, 3.05) is 0 Å². The number of rotatable bonds is 3. The SMILES string of the molecule is C=C1[C@@H](OC(=O)CC(C)C)[C@H]2O[C@H]2[C@@]2(C)CC[C@@H]3[C@@H](OC(=O)[C@H]3C)[C@H]12. The summed E-state index contributed by atoms with van der Waals surface area (Å²) in [6.07, 6.45) is 1.76. The molecule has 25 heavy (non-hydrogen) atoms. The first-order valence-electron chi connectivity index (χ1n) is 9.48. The normalized spacial score (nSPS) is 47.6. The second-order valence-corrected chi connectivity index (χ2v) is 8.98. The maximum Gasteiger partial charge on any atom is 0.309 e. The Morgan fingerprint density at radius 3 is 2.80 bits per heavy atom. The third kappa shape index (κ3) is 2.46. The van der Waals surface area contributed by atoms with Crippen LogP contribution in [0, 0.1) is 29.1 Å². The molecule has 4 fully saturated rings. The maximum atomic E-state index is 12.2. The molecule has 8 atom stereocenters. The van der Waals surface area contributed by atoms with Gasteiger partial charge in [-0.05, 0) is 24.3 Å². The van der Waals surface area contributed by atoms with Crippen LogP contribution in [0.3, 0.4) is 0 Å². The lowest BCUT2D eigenvalue weighted by Gasteiger charge is -2.50. The zero-order valence-corrected chi connectivity index (χ0v) is 15.5. The minimum Gasteiger partial charge on any atom is -0.461 e. The van der Waals surface area contributed by atoms with Gasteiger partial charge in [0.2, 0.25) is 0 Å². The summed E-state index contributed by atoms with van der Waals surface area (Å²) in [7, 11) is 0. The minimum absolute atomic E-state index is 0.000694. The van der Waals surface area contributed by atoms with E-state index in [1.54, 1.807) is 0 Å². The second-order valence-electron chi connectivity index (χ2n) is 8.98. The molecule has 0 N–H and O–H groups in total. The molecule has 0 amide bonds. The van der Waals surface area contributed by atoms with Crippen LogP contribution in [0.15, 0.2) is 12.2 Å². The lowest BCUT2D eigenvalue weighted by Crippen LogP contribution is -2.54. The standard InChI is InChI=1S/C20H28O5/c1-9(2)8-13(21)23-15-11(4)14-16-12(10(3)19(22)25-16)6-7-20(14,5)18-17(15)24-18/h9-10,12,14-18H,4,6-8H2,1-3,5H3/t10-,12-,14-,15+,16+,17+,18+,20-/m0/s1. The first kappa shape index (κ1) is 17.1. The molecule has 0 bridgehead atoms. The van der Waals surface area contributed by atoms with Gasteiger partial charge in [-0.3, -0.25) is 9.59 Å². The third-order valence-electron chi connectivity index (χ3n) is 6.82. The van der Waals surface area contributed by atoms with Crippen molar-refractivity contribution >= 4 is 11.9 Å². The molecule has 4 aliphatic rings. The summed E-state index contributed by atoms with van der Waals surface area (Å²) in [5.41, 5.74) is 0.781. The van der Waals surface area contributed by atoms with Crippen LogP contribution in [0.4, 0.5) is 0 Å². The van der Waals surface area contributed by atoms with E-state index in [9.17, 15) is 9.59 Å². The molecule has 0 aromatic rings. The van der Waals surface area contributed by atoms with E-state index in [1.807, 2.05) is 20.8 Å². The van der Waals surface area contributed by atoms with Crippen molar-refractivity contribution in [2.24, 2.45) is 29.1 Å². The van der Waals surface area contributed by atoms with Gasteiger partial charge in [-0.25, -0.2) is 0 Å². The molecule has 0 aromatic carbocycles. The first-order valence-corrected chi connectivity index (χ1v) is 9.48. The topological polar surface area (TPSA) is 65.1 Å². The van der Waals surface area contributed by atoms with E-state index >= 15 is 0 Å². The molecule has 0 radical (unpaired) electrons. The van der Waals surface area contributed by atoms with E-state index < -0.39 is 6.10 Å². The van der Waals surface area contributed by atoms with Gasteiger partial charge in [-0.15, -0.1) is 0 Å². The van der Waals surface area contributed by atoms with Crippen LogP contribution in [0.1, 0.15) is 47.0 Å². The molecule has 2 aliphatic carbocycles. The Kier molecular flexibility index (Phi) is 3.80. The number of ether oxygens (including phenoxy) is 3. The number of carbonyl (C=O) groups is 2. The molecule has 0 unspecified atom stereocenters. The van der Waals surface area contributed by atoms with E-state index in [1.165, 1.54) is 0 Å². The molecule has 138 valence electrons. The molecular weight excluding hydrogens is 320 g/mol. The molecule has 4 rings (SSSR count). The van der Waals surface area contributed by atoms with Gasteiger partial charge in [0.1, 0.15) is 12.2 Å². The van der Waals surface area contributed by atoms with Crippen molar-refractivity contribution in [3.8, 4) is 0 Å². The number of hydrogen-bond donors (Lipinski definition) is 0. The molecule has 2 heterocycles. The fraction of sp³-hybridized carbons (Fsp3) is 0.800. The van der Waals surface area contributed by atoms with Crippen LogP contribution in [0.5, 0.6) is 0 Å². The van der Waals surface area contributed by atoms with Crippen molar-refractivity contribution in [1.82, 2.24) is 0 Å². The van der Waals surface area contributed by atoms with E-state index in [0.717, 1.165) is 18.4 Å². The molecule has 0 spiro atoms. The van der Waals surface area contributed by atoms with Crippen molar-refractivity contribution in [2.45, 2.75) is 71.4 Å². The summed E-state index contributed by atoms with van der Waals surface area (Å²) in [6.45, 7) is 12.5. The van der Waals surface area contributed by atoms with Gasteiger partial charge < -0.3 is 14.2 Å². The Morgan fingerprint density at radius 2 is 2.12 bits per heavy atom. The van der Waals surface area contributed by atoms with Crippen LogP contribution in [-0.2, 0) is 23.8 Å². The zero-order chi connectivity index (χ0) is 18.1. The number of carbonyl (C=O) groups excluding carboxylic acids is 2. The van der Waals surface area contributed by atoms with Gasteiger partial charge in [-0.2, -0.15) is 0 Å². The Bertz CT molecular complexity index is 626. The highest BCUT2D eigenvalue weighted by atomic mass is 16.6. The molecule has 0 aromatic heterocycles. The first-order chi connectivity index (χ1) is 11.7. The second kappa shape index (κ2) is 5.57. The van der Waals surface area contributed by atoms with Crippen molar-refractivity contribution in [3.63, 3.8) is 0 Å². The molecule has 2 saturated carbocycles. The van der Waals surface area contributed by atoms with Crippen LogP contribution in [-0.4, -0.2) is 36.4 Å². The fourth-order valence-corrected chi connectivity index (χ4v) is 5.42. The van der Waals surface area contributed by atoms with Gasteiger partial charge in [0.25, 0.3) is 0 Å². The number of epoxide rings is 1. The Balaban J connectivity index is 1.59. The van der Waals surface area contributed by atoms with Crippen molar-refractivity contribution in [3.05, 3.63) is 12.2 Å². The van der Waals surface area contributed by atoms with Crippen LogP contribution in [0.2, 0.25) is 0 Å². The lowest BCUT2D eigenvalue weighted by atomic mass is 9.54. The smallest absolute Gasteiger partial charge is 0.309 e. The summed E-state index contributed by atoms with van der Waals surface area (Å²) >= 11 is 0. The lowest BCUT2D eigenvalue weighted by molar-refractivity contribution is -0.154. The average molecular weight is 348 g/mol. The quantitative estimate of drug-likeness (QED) is 0.446. The number of hydrogen-bond acceptors (Lipinski definition) is 5. The summed E-state index contributed by atoms with van der Waals surface area (Å²) in [4.78, 5) is 24.3. The minimum atomic E-state index is -0.414. The molecule has 2 aliphatic heterocycles. The van der Waals surface area contributed by atoms with Gasteiger partial charge in [-0.1, -0.05) is 34.3 Å². The van der Waals surface area contributed by atoms with Crippen LogP contribution in [0.25, 0.3) is 0 Å². The van der Waals surface area contributed by atoms with Gasteiger partial charge >= 0.3 is 11.9 Å². The maximum absolute atomic E-state index is 12.2.